The van der Waals surface area contributed by atoms with Crippen molar-refractivity contribution < 1.29 is 13.9 Å². The van der Waals surface area contributed by atoms with Crippen LogP contribution in [0.2, 0.25) is 0 Å². The summed E-state index contributed by atoms with van der Waals surface area (Å²) in [6.07, 6.45) is 1.55. The molecular weight excluding hydrogens is 183 g/mol. The van der Waals surface area contributed by atoms with Crippen LogP contribution < -0.4 is 0 Å². The van der Waals surface area contributed by atoms with Crippen LogP contribution in [0.5, 0.6) is 0 Å². The number of ether oxygens (including phenoxy) is 1. The molecule has 0 N–H and O–H groups in total. The minimum absolute atomic E-state index is 0.258. The first-order valence-electron chi connectivity index (χ1n) is 4.66. The van der Waals surface area contributed by atoms with E-state index in [1.54, 1.807) is 18.2 Å². The molecule has 0 amide bonds. The summed E-state index contributed by atoms with van der Waals surface area (Å²) in [7, 11) is 0. The average molecular weight is 194 g/mol. The molecule has 2 atom stereocenters. The Kier molecular flexibility index (Phi) is 2.59. The van der Waals surface area contributed by atoms with Crippen LogP contribution in [0.3, 0.4) is 0 Å². The second-order valence-corrected chi connectivity index (χ2v) is 3.40. The Morgan fingerprint density at radius 2 is 2.14 bits per heavy atom. The van der Waals surface area contributed by atoms with E-state index in [9.17, 15) is 9.18 Å². The fourth-order valence-corrected chi connectivity index (χ4v) is 1.73. The summed E-state index contributed by atoms with van der Waals surface area (Å²) in [5.74, 6) is -0.260. The topological polar surface area (TPSA) is 26.3 Å². The molecule has 1 heterocycles. The summed E-state index contributed by atoms with van der Waals surface area (Å²) in [6.45, 7) is 0. The number of benzene rings is 1. The summed E-state index contributed by atoms with van der Waals surface area (Å²) < 4.78 is 18.7. The van der Waals surface area contributed by atoms with Crippen molar-refractivity contribution >= 4 is 6.29 Å². The van der Waals surface area contributed by atoms with E-state index < -0.39 is 0 Å². The maximum atomic E-state index is 13.3. The standard InChI is InChI=1S/C11H11FO2/c12-10-4-2-1-3-9(10)11-6-5-8(7-13)14-11/h1-4,7-8,11H,5-6H2. The quantitative estimate of drug-likeness (QED) is 0.675. The molecule has 1 aliphatic rings. The number of rotatable bonds is 2. The van der Waals surface area contributed by atoms with Gasteiger partial charge in [-0.15, -0.1) is 0 Å². The van der Waals surface area contributed by atoms with Crippen molar-refractivity contribution in [3.63, 3.8) is 0 Å². The summed E-state index contributed by atoms with van der Waals surface area (Å²) in [5, 5.41) is 0. The molecule has 74 valence electrons. The molecule has 2 rings (SSSR count). The van der Waals surface area contributed by atoms with E-state index in [4.69, 9.17) is 4.74 Å². The number of halogens is 1. The van der Waals surface area contributed by atoms with Gasteiger partial charge in [0.15, 0.2) is 0 Å². The van der Waals surface area contributed by atoms with Gasteiger partial charge in [-0.2, -0.15) is 0 Å². The van der Waals surface area contributed by atoms with Crippen LogP contribution in [-0.2, 0) is 9.53 Å². The second-order valence-electron chi connectivity index (χ2n) is 3.40. The molecule has 2 unspecified atom stereocenters. The van der Waals surface area contributed by atoms with Crippen molar-refractivity contribution in [3.05, 3.63) is 35.6 Å². The van der Waals surface area contributed by atoms with E-state index in [1.165, 1.54) is 6.07 Å². The highest BCUT2D eigenvalue weighted by Gasteiger charge is 2.27. The molecule has 1 aliphatic heterocycles. The predicted molar refractivity (Wildman–Crippen MR) is 49.3 cm³/mol. The number of hydrogen-bond acceptors (Lipinski definition) is 2. The van der Waals surface area contributed by atoms with E-state index in [-0.39, 0.29) is 18.0 Å². The molecule has 0 saturated carbocycles. The molecule has 1 aromatic rings. The van der Waals surface area contributed by atoms with Crippen LogP contribution in [-0.4, -0.2) is 12.4 Å². The molecule has 0 spiro atoms. The molecule has 2 nitrogen and oxygen atoms in total. The fourth-order valence-electron chi connectivity index (χ4n) is 1.73. The van der Waals surface area contributed by atoms with Gasteiger partial charge >= 0.3 is 0 Å². The highest BCUT2D eigenvalue weighted by atomic mass is 19.1. The maximum absolute atomic E-state index is 13.3. The third-order valence-electron chi connectivity index (χ3n) is 2.46. The Bertz CT molecular complexity index is 338. The second kappa shape index (κ2) is 3.88. The van der Waals surface area contributed by atoms with Gasteiger partial charge in [0.25, 0.3) is 0 Å². The SMILES string of the molecule is O=CC1CCC(c2ccccc2F)O1. The minimum atomic E-state index is -0.361. The highest BCUT2D eigenvalue weighted by Crippen LogP contribution is 2.32. The van der Waals surface area contributed by atoms with Crippen LogP contribution in [0.4, 0.5) is 4.39 Å². The van der Waals surface area contributed by atoms with E-state index in [1.807, 2.05) is 0 Å². The zero-order chi connectivity index (χ0) is 9.97. The van der Waals surface area contributed by atoms with Crippen molar-refractivity contribution in [3.8, 4) is 0 Å². The van der Waals surface area contributed by atoms with Crippen molar-refractivity contribution in [1.29, 1.82) is 0 Å². The lowest BCUT2D eigenvalue weighted by Gasteiger charge is -2.11. The van der Waals surface area contributed by atoms with Crippen LogP contribution in [0.25, 0.3) is 0 Å². The van der Waals surface area contributed by atoms with E-state index >= 15 is 0 Å². The van der Waals surface area contributed by atoms with Crippen molar-refractivity contribution in [2.45, 2.75) is 25.0 Å². The van der Waals surface area contributed by atoms with Crippen molar-refractivity contribution in [1.82, 2.24) is 0 Å². The maximum Gasteiger partial charge on any atom is 0.148 e. The van der Waals surface area contributed by atoms with E-state index in [0.29, 0.717) is 18.4 Å². The lowest BCUT2D eigenvalue weighted by atomic mass is 10.1. The largest absolute Gasteiger partial charge is 0.363 e. The first kappa shape index (κ1) is 9.34. The van der Waals surface area contributed by atoms with Crippen molar-refractivity contribution in [2.75, 3.05) is 0 Å². The predicted octanol–water partition coefficient (Wildman–Crippen LogP) is 2.24. The minimum Gasteiger partial charge on any atom is -0.363 e. The average Bonchev–Trinajstić information content (AvgIpc) is 2.67. The van der Waals surface area contributed by atoms with Gasteiger partial charge in [0.1, 0.15) is 18.2 Å². The molecule has 0 aliphatic carbocycles. The fraction of sp³-hybridized carbons (Fsp3) is 0.364. The highest BCUT2D eigenvalue weighted by molar-refractivity contribution is 5.56. The summed E-state index contributed by atoms with van der Waals surface area (Å²) >= 11 is 0. The number of carbonyl (C=O) groups is 1. The number of hydrogen-bond donors (Lipinski definition) is 0. The monoisotopic (exact) mass is 194 g/mol. The number of aldehydes is 1. The summed E-state index contributed by atoms with van der Waals surface area (Å²) in [4.78, 5) is 10.5. The van der Waals surface area contributed by atoms with Gasteiger partial charge in [0.2, 0.25) is 0 Å². The Morgan fingerprint density at radius 1 is 1.36 bits per heavy atom. The van der Waals surface area contributed by atoms with Gasteiger partial charge in [-0.25, -0.2) is 4.39 Å². The molecule has 1 fully saturated rings. The Balaban J connectivity index is 2.17. The normalized spacial score (nSPS) is 26.4. The smallest absolute Gasteiger partial charge is 0.148 e. The van der Waals surface area contributed by atoms with Gasteiger partial charge in [-0.1, -0.05) is 18.2 Å². The van der Waals surface area contributed by atoms with Crippen LogP contribution in [0.1, 0.15) is 24.5 Å². The first-order valence-corrected chi connectivity index (χ1v) is 4.66. The Morgan fingerprint density at radius 3 is 2.79 bits per heavy atom. The molecule has 0 aromatic heterocycles. The summed E-state index contributed by atoms with van der Waals surface area (Å²) in [6, 6.07) is 6.53. The molecule has 0 radical (unpaired) electrons. The third-order valence-corrected chi connectivity index (χ3v) is 2.46. The van der Waals surface area contributed by atoms with Crippen molar-refractivity contribution in [2.24, 2.45) is 0 Å². The van der Waals surface area contributed by atoms with Crippen LogP contribution in [0, 0.1) is 5.82 Å². The molecule has 1 aromatic carbocycles. The molecule has 1 saturated heterocycles. The molecular formula is C11H11FO2. The summed E-state index contributed by atoms with van der Waals surface area (Å²) in [5.41, 5.74) is 0.553. The number of carbonyl (C=O) groups excluding carboxylic acids is 1. The Hall–Kier alpha value is -1.22. The first-order chi connectivity index (χ1) is 6.81. The molecule has 0 bridgehead atoms. The van der Waals surface area contributed by atoms with Gasteiger partial charge in [0.05, 0.1) is 6.10 Å². The molecule has 14 heavy (non-hydrogen) atoms. The van der Waals surface area contributed by atoms with Gasteiger partial charge in [0, 0.05) is 5.56 Å². The molecule has 3 heteroatoms. The zero-order valence-electron chi connectivity index (χ0n) is 7.65. The van der Waals surface area contributed by atoms with E-state index in [2.05, 4.69) is 0 Å². The van der Waals surface area contributed by atoms with Crippen LogP contribution in [0.15, 0.2) is 24.3 Å². The van der Waals surface area contributed by atoms with Gasteiger partial charge in [-0.3, -0.25) is 0 Å². The zero-order valence-corrected chi connectivity index (χ0v) is 7.65. The van der Waals surface area contributed by atoms with Crippen LogP contribution >= 0.6 is 0 Å². The van der Waals surface area contributed by atoms with Gasteiger partial charge in [-0.05, 0) is 18.9 Å². The Labute approximate surface area is 81.7 Å². The van der Waals surface area contributed by atoms with E-state index in [0.717, 1.165) is 6.29 Å². The lowest BCUT2D eigenvalue weighted by Crippen LogP contribution is -2.07. The van der Waals surface area contributed by atoms with Gasteiger partial charge < -0.3 is 9.53 Å². The lowest BCUT2D eigenvalue weighted by molar-refractivity contribution is -0.117. The third kappa shape index (κ3) is 1.68.